The number of halogens is 1. The third kappa shape index (κ3) is 2.63. The molecule has 1 fully saturated rings. The Morgan fingerprint density at radius 3 is 2.67 bits per heavy atom. The van der Waals surface area contributed by atoms with E-state index < -0.39 is 0 Å². The Bertz CT molecular complexity index is 349. The number of hydrogen-bond acceptors (Lipinski definition) is 3. The highest BCUT2D eigenvalue weighted by Gasteiger charge is 2.30. The molecule has 1 aliphatic carbocycles. The van der Waals surface area contributed by atoms with Gasteiger partial charge in [-0.25, -0.2) is 0 Å². The first-order valence-corrected chi connectivity index (χ1v) is 5.59. The van der Waals surface area contributed by atoms with Crippen LogP contribution in [0, 0.1) is 0 Å². The minimum absolute atomic E-state index is 0. The molecule has 1 N–H and O–H groups in total. The third-order valence-electron chi connectivity index (χ3n) is 2.48. The van der Waals surface area contributed by atoms with Gasteiger partial charge in [-0.05, 0) is 25.0 Å². The van der Waals surface area contributed by atoms with E-state index in [-0.39, 0.29) is 18.3 Å². The monoisotopic (exact) mass is 246 g/mol. The second-order valence-corrected chi connectivity index (χ2v) is 4.64. The molecule has 0 unspecified atom stereocenters. The van der Waals surface area contributed by atoms with Crippen molar-refractivity contribution in [1.29, 1.82) is 0 Å². The zero-order valence-corrected chi connectivity index (χ0v) is 10.5. The number of thiophene rings is 1. The van der Waals surface area contributed by atoms with Gasteiger partial charge in [0.25, 0.3) is 5.91 Å². The van der Waals surface area contributed by atoms with Gasteiger partial charge >= 0.3 is 0 Å². The van der Waals surface area contributed by atoms with E-state index in [4.69, 9.17) is 0 Å². The standard InChI is InChI=1S/C10H14N2OS.ClH/c1-11-9-6-5-8(14-9)10(13)12(2)7-3-4-7;/h5-7,11H,3-4H2,1-2H3;1H. The largest absolute Gasteiger partial charge is 0.380 e. The number of nitrogens with zero attached hydrogens (tertiary/aromatic N) is 1. The zero-order valence-electron chi connectivity index (χ0n) is 8.82. The maximum absolute atomic E-state index is 11.9. The van der Waals surface area contributed by atoms with E-state index in [1.807, 2.05) is 31.1 Å². The number of rotatable bonds is 3. The van der Waals surface area contributed by atoms with Crippen LogP contribution in [0.3, 0.4) is 0 Å². The van der Waals surface area contributed by atoms with Crippen molar-refractivity contribution >= 4 is 34.7 Å². The van der Waals surface area contributed by atoms with Crippen molar-refractivity contribution in [3.05, 3.63) is 17.0 Å². The summed E-state index contributed by atoms with van der Waals surface area (Å²) >= 11 is 1.51. The molecular formula is C10H15ClN2OS. The fourth-order valence-electron chi connectivity index (χ4n) is 1.39. The van der Waals surface area contributed by atoms with E-state index in [0.29, 0.717) is 6.04 Å². The Morgan fingerprint density at radius 2 is 2.20 bits per heavy atom. The number of anilines is 1. The molecule has 5 heteroatoms. The van der Waals surface area contributed by atoms with Gasteiger partial charge in [0.1, 0.15) is 0 Å². The van der Waals surface area contributed by atoms with Crippen LogP contribution in [0.25, 0.3) is 0 Å². The number of carbonyl (C=O) groups excluding carboxylic acids is 1. The lowest BCUT2D eigenvalue weighted by Crippen LogP contribution is -2.27. The van der Waals surface area contributed by atoms with Crippen molar-refractivity contribution in [3.63, 3.8) is 0 Å². The van der Waals surface area contributed by atoms with Gasteiger partial charge in [-0.15, -0.1) is 23.7 Å². The molecule has 84 valence electrons. The van der Waals surface area contributed by atoms with E-state index >= 15 is 0 Å². The normalized spacial score (nSPS) is 14.3. The van der Waals surface area contributed by atoms with E-state index in [1.54, 1.807) is 0 Å². The van der Waals surface area contributed by atoms with Gasteiger partial charge in [-0.1, -0.05) is 0 Å². The molecule has 1 amide bonds. The fraction of sp³-hybridized carbons (Fsp3) is 0.500. The highest BCUT2D eigenvalue weighted by Crippen LogP contribution is 2.29. The smallest absolute Gasteiger partial charge is 0.263 e. The summed E-state index contributed by atoms with van der Waals surface area (Å²) in [7, 11) is 3.75. The molecule has 0 bridgehead atoms. The minimum Gasteiger partial charge on any atom is -0.380 e. The summed E-state index contributed by atoms with van der Waals surface area (Å²) in [5.74, 6) is 0.152. The zero-order chi connectivity index (χ0) is 10.1. The molecule has 15 heavy (non-hydrogen) atoms. The van der Waals surface area contributed by atoms with Crippen molar-refractivity contribution in [2.24, 2.45) is 0 Å². The lowest BCUT2D eigenvalue weighted by molar-refractivity contribution is 0.0790. The van der Waals surface area contributed by atoms with Gasteiger partial charge in [-0.3, -0.25) is 4.79 Å². The lowest BCUT2D eigenvalue weighted by Gasteiger charge is -2.14. The molecule has 1 saturated carbocycles. The molecule has 1 aromatic rings. The van der Waals surface area contributed by atoms with Crippen LogP contribution in [0.15, 0.2) is 12.1 Å². The van der Waals surface area contributed by atoms with Crippen LogP contribution >= 0.6 is 23.7 Å². The minimum atomic E-state index is 0. The molecule has 0 saturated heterocycles. The Morgan fingerprint density at radius 1 is 1.53 bits per heavy atom. The second kappa shape index (κ2) is 4.86. The number of hydrogen-bond donors (Lipinski definition) is 1. The fourth-order valence-corrected chi connectivity index (χ4v) is 2.23. The summed E-state index contributed by atoms with van der Waals surface area (Å²) in [6.45, 7) is 0. The Hall–Kier alpha value is -0.740. The maximum atomic E-state index is 11.9. The Balaban J connectivity index is 0.00000112. The van der Waals surface area contributed by atoms with Crippen molar-refractivity contribution in [2.45, 2.75) is 18.9 Å². The maximum Gasteiger partial charge on any atom is 0.263 e. The first-order chi connectivity index (χ1) is 6.72. The highest BCUT2D eigenvalue weighted by atomic mass is 35.5. The molecule has 0 radical (unpaired) electrons. The SMILES string of the molecule is CNc1ccc(C(=O)N(C)C2CC2)s1.Cl. The van der Waals surface area contributed by atoms with E-state index in [0.717, 1.165) is 22.7 Å². The van der Waals surface area contributed by atoms with Gasteiger partial charge in [0, 0.05) is 20.1 Å². The van der Waals surface area contributed by atoms with Crippen LogP contribution in [0.1, 0.15) is 22.5 Å². The average molecular weight is 247 g/mol. The van der Waals surface area contributed by atoms with Gasteiger partial charge in [0.15, 0.2) is 0 Å². The van der Waals surface area contributed by atoms with Crippen LogP contribution in [0.4, 0.5) is 5.00 Å². The van der Waals surface area contributed by atoms with Crippen molar-refractivity contribution in [1.82, 2.24) is 4.90 Å². The average Bonchev–Trinajstić information content (AvgIpc) is 2.94. The summed E-state index contributed by atoms with van der Waals surface area (Å²) in [5, 5.41) is 4.07. The molecule has 3 nitrogen and oxygen atoms in total. The van der Waals surface area contributed by atoms with Crippen molar-refractivity contribution in [2.75, 3.05) is 19.4 Å². The lowest BCUT2D eigenvalue weighted by atomic mass is 10.4. The van der Waals surface area contributed by atoms with Crippen molar-refractivity contribution in [3.8, 4) is 0 Å². The Labute approximate surface area is 99.9 Å². The first kappa shape index (κ1) is 12.3. The molecule has 0 aliphatic heterocycles. The van der Waals surface area contributed by atoms with Crippen LogP contribution < -0.4 is 5.32 Å². The molecule has 0 spiro atoms. The summed E-state index contributed by atoms with van der Waals surface area (Å²) < 4.78 is 0. The summed E-state index contributed by atoms with van der Waals surface area (Å²) in [6.07, 6.45) is 2.32. The summed E-state index contributed by atoms with van der Waals surface area (Å²) in [6, 6.07) is 4.32. The topological polar surface area (TPSA) is 32.3 Å². The first-order valence-electron chi connectivity index (χ1n) is 4.77. The third-order valence-corrected chi connectivity index (χ3v) is 3.57. The Kier molecular flexibility index (Phi) is 3.99. The number of amides is 1. The van der Waals surface area contributed by atoms with E-state index in [1.165, 1.54) is 11.3 Å². The van der Waals surface area contributed by atoms with Crippen molar-refractivity contribution < 1.29 is 4.79 Å². The molecule has 1 aromatic heterocycles. The van der Waals surface area contributed by atoms with Crippen LogP contribution in [0.2, 0.25) is 0 Å². The van der Waals surface area contributed by atoms with E-state index in [9.17, 15) is 4.79 Å². The molecule has 0 atom stereocenters. The van der Waals surface area contributed by atoms with Gasteiger partial charge < -0.3 is 10.2 Å². The predicted octanol–water partition coefficient (Wildman–Crippen LogP) is 2.45. The molecule has 2 rings (SSSR count). The van der Waals surface area contributed by atoms with Gasteiger partial charge in [0.05, 0.1) is 9.88 Å². The van der Waals surface area contributed by atoms with Crippen LogP contribution in [-0.4, -0.2) is 30.9 Å². The predicted molar refractivity (Wildman–Crippen MR) is 66.2 cm³/mol. The van der Waals surface area contributed by atoms with Gasteiger partial charge in [-0.2, -0.15) is 0 Å². The van der Waals surface area contributed by atoms with Crippen LogP contribution in [-0.2, 0) is 0 Å². The number of carbonyl (C=O) groups is 1. The second-order valence-electron chi connectivity index (χ2n) is 3.56. The summed E-state index contributed by atoms with van der Waals surface area (Å²) in [4.78, 5) is 14.5. The molecule has 1 aliphatic rings. The molecule has 0 aromatic carbocycles. The summed E-state index contributed by atoms with van der Waals surface area (Å²) in [5.41, 5.74) is 0. The molecule has 1 heterocycles. The quantitative estimate of drug-likeness (QED) is 0.889. The number of nitrogens with one attached hydrogen (secondary N) is 1. The van der Waals surface area contributed by atoms with E-state index in [2.05, 4.69) is 5.32 Å². The molecular weight excluding hydrogens is 232 g/mol. The van der Waals surface area contributed by atoms with Gasteiger partial charge in [0.2, 0.25) is 0 Å². The van der Waals surface area contributed by atoms with Crippen LogP contribution in [0.5, 0.6) is 0 Å². The highest BCUT2D eigenvalue weighted by molar-refractivity contribution is 7.17.